The maximum absolute atomic E-state index is 9.32. The lowest BCUT2D eigenvalue weighted by atomic mass is 10.0. The summed E-state index contributed by atoms with van der Waals surface area (Å²) < 4.78 is 14.3. The van der Waals surface area contributed by atoms with Crippen LogP contribution in [0.5, 0.6) is 0 Å². The molecule has 0 aliphatic heterocycles. The van der Waals surface area contributed by atoms with Gasteiger partial charge in [-0.1, -0.05) is 75.9 Å². The first-order chi connectivity index (χ1) is 16.8. The van der Waals surface area contributed by atoms with E-state index in [2.05, 4.69) is 94.0 Å². The Balaban J connectivity index is 2.14. The molecule has 0 radical (unpaired) electrons. The van der Waals surface area contributed by atoms with E-state index in [-0.39, 0.29) is 11.1 Å². The lowest BCUT2D eigenvalue weighted by Crippen LogP contribution is -2.41. The SMILES string of the molecule is CC(C)(C)[Si](C)(C)OCCc1cn(COCC[Si](C)(C)C)nc1C(CCCc1ccccc1)N=[N+]=[N-]. The molecule has 0 aliphatic rings. The second-order valence-corrected chi connectivity index (χ2v) is 22.8. The zero-order valence-corrected chi connectivity index (χ0v) is 25.8. The zero-order chi connectivity index (χ0) is 26.8. The van der Waals surface area contributed by atoms with Crippen molar-refractivity contribution in [3.05, 3.63) is 63.8 Å². The van der Waals surface area contributed by atoms with E-state index in [9.17, 15) is 5.53 Å². The number of nitrogens with zero attached hydrogens (tertiary/aromatic N) is 5. The number of aromatic nitrogens is 2. The van der Waals surface area contributed by atoms with Crippen molar-refractivity contribution >= 4 is 16.4 Å². The first-order valence-corrected chi connectivity index (χ1v) is 19.8. The first-order valence-electron chi connectivity index (χ1n) is 13.2. The largest absolute Gasteiger partial charge is 0.416 e. The maximum atomic E-state index is 9.32. The van der Waals surface area contributed by atoms with E-state index in [0.717, 1.165) is 49.6 Å². The Morgan fingerprint density at radius 3 is 2.36 bits per heavy atom. The Morgan fingerprint density at radius 2 is 1.75 bits per heavy atom. The van der Waals surface area contributed by atoms with Crippen LogP contribution in [0.2, 0.25) is 43.8 Å². The van der Waals surface area contributed by atoms with Crippen molar-refractivity contribution in [3.8, 4) is 0 Å². The minimum absolute atomic E-state index is 0.162. The van der Waals surface area contributed by atoms with Crippen LogP contribution in [-0.4, -0.2) is 39.4 Å². The van der Waals surface area contributed by atoms with Crippen LogP contribution in [0.4, 0.5) is 0 Å². The maximum Gasteiger partial charge on any atom is 0.191 e. The van der Waals surface area contributed by atoms with Crippen LogP contribution in [0.3, 0.4) is 0 Å². The standard InChI is InChI=1S/C27H47N5O2Si2/c1-27(2,3)36(7,8)34-18-17-24-21-32(22-33-19-20-35(4,5)6)30-26(24)25(29-31-28)16-12-15-23-13-10-9-11-14-23/h9-11,13-14,21,25H,12,15-20,22H2,1-8H3. The molecule has 0 saturated carbocycles. The molecule has 0 N–H and O–H groups in total. The van der Waals surface area contributed by atoms with Gasteiger partial charge in [0.15, 0.2) is 8.32 Å². The molecule has 1 aromatic heterocycles. The molecule has 0 saturated heterocycles. The Bertz CT molecular complexity index is 974. The van der Waals surface area contributed by atoms with Crippen molar-refractivity contribution in [2.45, 2.75) is 103 Å². The number of hydrogen-bond donors (Lipinski definition) is 0. The summed E-state index contributed by atoms with van der Waals surface area (Å²) in [6, 6.07) is 11.2. The molecule has 0 aliphatic carbocycles. The van der Waals surface area contributed by atoms with Crippen LogP contribution in [0.25, 0.3) is 10.4 Å². The van der Waals surface area contributed by atoms with Gasteiger partial charge in [-0.3, -0.25) is 0 Å². The van der Waals surface area contributed by atoms with Gasteiger partial charge < -0.3 is 9.16 Å². The van der Waals surface area contributed by atoms with Gasteiger partial charge in [0.2, 0.25) is 0 Å². The van der Waals surface area contributed by atoms with Gasteiger partial charge in [0.1, 0.15) is 6.73 Å². The lowest BCUT2D eigenvalue weighted by Gasteiger charge is -2.36. The van der Waals surface area contributed by atoms with Crippen LogP contribution < -0.4 is 0 Å². The fourth-order valence-corrected chi connectivity index (χ4v) is 5.44. The predicted octanol–water partition coefficient (Wildman–Crippen LogP) is 8.13. The summed E-state index contributed by atoms with van der Waals surface area (Å²) in [5, 5.41) is 9.17. The highest BCUT2D eigenvalue weighted by atomic mass is 28.4. The number of aryl methyl sites for hydroxylation is 1. The number of rotatable bonds is 15. The molecular weight excluding hydrogens is 483 g/mol. The quantitative estimate of drug-likeness (QED) is 0.0767. The summed E-state index contributed by atoms with van der Waals surface area (Å²) in [4.78, 5) is 3.17. The fraction of sp³-hybridized carbons (Fsp3) is 0.667. The van der Waals surface area contributed by atoms with Crippen molar-refractivity contribution in [1.29, 1.82) is 0 Å². The van der Waals surface area contributed by atoms with Crippen LogP contribution in [0.15, 0.2) is 41.6 Å². The van der Waals surface area contributed by atoms with Crippen molar-refractivity contribution in [1.82, 2.24) is 9.78 Å². The molecule has 200 valence electrons. The molecule has 36 heavy (non-hydrogen) atoms. The van der Waals surface area contributed by atoms with E-state index < -0.39 is 16.4 Å². The smallest absolute Gasteiger partial charge is 0.191 e. The molecule has 1 aromatic carbocycles. The Morgan fingerprint density at radius 1 is 1.06 bits per heavy atom. The summed E-state index contributed by atoms with van der Waals surface area (Å²) in [5.74, 6) is 0. The molecule has 0 bridgehead atoms. The van der Waals surface area contributed by atoms with E-state index in [4.69, 9.17) is 14.3 Å². The van der Waals surface area contributed by atoms with Gasteiger partial charge in [-0.05, 0) is 66.5 Å². The minimum atomic E-state index is -1.84. The monoisotopic (exact) mass is 529 g/mol. The van der Waals surface area contributed by atoms with Crippen molar-refractivity contribution in [2.75, 3.05) is 13.2 Å². The third-order valence-corrected chi connectivity index (χ3v) is 13.3. The highest BCUT2D eigenvalue weighted by Crippen LogP contribution is 2.36. The van der Waals surface area contributed by atoms with E-state index >= 15 is 0 Å². The summed E-state index contributed by atoms with van der Waals surface area (Å²) in [6.07, 6.45) is 5.42. The number of hydrogen-bond acceptors (Lipinski definition) is 4. The minimum Gasteiger partial charge on any atom is -0.416 e. The van der Waals surface area contributed by atoms with Crippen molar-refractivity contribution < 1.29 is 9.16 Å². The highest BCUT2D eigenvalue weighted by molar-refractivity contribution is 6.76. The van der Waals surface area contributed by atoms with E-state index in [1.165, 1.54) is 5.56 Å². The molecular formula is C27H47N5O2Si2. The second kappa shape index (κ2) is 13.6. The third-order valence-electron chi connectivity index (χ3n) is 7.02. The Labute approximate surface area is 220 Å². The average molecular weight is 530 g/mol. The molecule has 9 heteroatoms. The third kappa shape index (κ3) is 10.2. The summed E-state index contributed by atoms with van der Waals surface area (Å²) in [5.41, 5.74) is 12.5. The van der Waals surface area contributed by atoms with Gasteiger partial charge >= 0.3 is 0 Å². The fourth-order valence-electron chi connectivity index (χ4n) is 3.64. The number of azide groups is 1. The van der Waals surface area contributed by atoms with Gasteiger partial charge in [0, 0.05) is 32.4 Å². The van der Waals surface area contributed by atoms with Crippen molar-refractivity contribution in [2.24, 2.45) is 5.11 Å². The molecule has 1 heterocycles. The second-order valence-electron chi connectivity index (χ2n) is 12.4. The molecule has 7 nitrogen and oxygen atoms in total. The first kappa shape index (κ1) is 30.3. The van der Waals surface area contributed by atoms with Gasteiger partial charge in [-0.25, -0.2) is 4.68 Å². The molecule has 0 amide bonds. The van der Waals surface area contributed by atoms with Crippen LogP contribution in [-0.2, 0) is 28.7 Å². The van der Waals surface area contributed by atoms with Crippen LogP contribution in [0, 0.1) is 0 Å². The molecule has 0 fully saturated rings. The molecule has 0 spiro atoms. The van der Waals surface area contributed by atoms with Crippen molar-refractivity contribution in [3.63, 3.8) is 0 Å². The van der Waals surface area contributed by atoms with E-state index in [0.29, 0.717) is 13.3 Å². The summed E-state index contributed by atoms with van der Waals surface area (Å²) in [7, 11) is -2.99. The van der Waals surface area contributed by atoms with Gasteiger partial charge in [-0.15, -0.1) is 0 Å². The topological polar surface area (TPSA) is 85.0 Å². The molecule has 1 atom stereocenters. The van der Waals surface area contributed by atoms with E-state index in [1.54, 1.807) is 0 Å². The highest BCUT2D eigenvalue weighted by Gasteiger charge is 2.37. The van der Waals surface area contributed by atoms with Crippen LogP contribution in [0.1, 0.15) is 56.5 Å². The summed E-state index contributed by atoms with van der Waals surface area (Å²) >= 11 is 0. The number of ether oxygens (including phenoxy) is 1. The lowest BCUT2D eigenvalue weighted by molar-refractivity contribution is 0.0781. The number of benzene rings is 1. The van der Waals surface area contributed by atoms with Gasteiger partial charge in [0.05, 0.1) is 11.7 Å². The van der Waals surface area contributed by atoms with Gasteiger partial charge in [0.25, 0.3) is 0 Å². The van der Waals surface area contributed by atoms with Gasteiger partial charge in [-0.2, -0.15) is 5.10 Å². The average Bonchev–Trinajstić information content (AvgIpc) is 3.18. The molecule has 2 rings (SSSR count). The summed E-state index contributed by atoms with van der Waals surface area (Å²) in [6.45, 7) is 20.2. The molecule has 2 aromatic rings. The zero-order valence-electron chi connectivity index (χ0n) is 23.8. The van der Waals surface area contributed by atoms with E-state index in [1.807, 2.05) is 10.7 Å². The Kier molecular flexibility index (Phi) is 11.4. The predicted molar refractivity (Wildman–Crippen MR) is 154 cm³/mol. The molecule has 1 unspecified atom stereocenters. The van der Waals surface area contributed by atoms with Crippen LogP contribution >= 0.6 is 0 Å². The normalized spacial score (nSPS) is 13.4. The Hall–Kier alpha value is -1.91.